The minimum absolute atomic E-state index is 0.0293. The molecule has 0 saturated carbocycles. The van der Waals surface area contributed by atoms with Crippen molar-refractivity contribution in [2.24, 2.45) is 0 Å². The lowest BCUT2D eigenvalue weighted by atomic mass is 10.0. The molecule has 2 aromatic rings. The Kier molecular flexibility index (Phi) is 4.41. The van der Waals surface area contributed by atoms with E-state index in [0.29, 0.717) is 6.04 Å². The summed E-state index contributed by atoms with van der Waals surface area (Å²) in [6, 6.07) is 4.84. The molecule has 0 amide bonds. The summed E-state index contributed by atoms with van der Waals surface area (Å²) < 4.78 is 6.51. The van der Waals surface area contributed by atoms with Crippen LogP contribution in [-0.2, 0) is 4.74 Å². The summed E-state index contributed by atoms with van der Waals surface area (Å²) in [6.45, 7) is 1.53. The van der Waals surface area contributed by atoms with Crippen LogP contribution in [0.1, 0.15) is 29.2 Å². The van der Waals surface area contributed by atoms with Gasteiger partial charge in [-0.2, -0.15) is 5.10 Å². The van der Waals surface area contributed by atoms with Crippen molar-refractivity contribution in [2.45, 2.75) is 18.9 Å². The first-order valence-electron chi connectivity index (χ1n) is 7.56. The molecule has 1 aromatic carbocycles. The fourth-order valence-electron chi connectivity index (χ4n) is 2.95. The number of benzene rings is 1. The van der Waals surface area contributed by atoms with E-state index in [-0.39, 0.29) is 11.3 Å². The second-order valence-electron chi connectivity index (χ2n) is 5.54. The Balaban J connectivity index is 1.78. The van der Waals surface area contributed by atoms with Crippen molar-refractivity contribution < 1.29 is 14.5 Å². The average Bonchev–Trinajstić information content (AvgIpc) is 3.15. The number of rotatable bonds is 4. The van der Waals surface area contributed by atoms with Crippen molar-refractivity contribution in [1.29, 1.82) is 0 Å². The molecule has 3 rings (SSSR count). The fourth-order valence-corrected chi connectivity index (χ4v) is 2.95. The van der Waals surface area contributed by atoms with E-state index in [9.17, 15) is 14.9 Å². The smallest absolute Gasteiger partial charge is 0.344 e. The lowest BCUT2D eigenvalue weighted by Crippen LogP contribution is -2.34. The monoisotopic (exact) mass is 331 g/mol. The molecule has 0 atom stereocenters. The van der Waals surface area contributed by atoms with E-state index in [1.807, 2.05) is 4.68 Å². The predicted molar refractivity (Wildman–Crippen MR) is 84.9 cm³/mol. The Hall–Kier alpha value is -2.97. The normalized spacial score (nSPS) is 15.3. The Bertz CT molecular complexity index is 738. The number of anilines is 1. The van der Waals surface area contributed by atoms with E-state index >= 15 is 0 Å². The van der Waals surface area contributed by atoms with E-state index in [0.717, 1.165) is 31.6 Å². The molecule has 1 saturated heterocycles. The molecule has 1 aliphatic rings. The molecule has 1 fully saturated rings. The molecule has 0 aliphatic carbocycles. The second-order valence-corrected chi connectivity index (χ2v) is 5.54. The summed E-state index contributed by atoms with van der Waals surface area (Å²) in [5.74, 6) is -0.707. The van der Waals surface area contributed by atoms with Crippen molar-refractivity contribution in [3.8, 4) is 0 Å². The van der Waals surface area contributed by atoms with Crippen LogP contribution in [0.5, 0.6) is 0 Å². The van der Waals surface area contributed by atoms with Crippen LogP contribution in [0.3, 0.4) is 0 Å². The lowest BCUT2D eigenvalue weighted by molar-refractivity contribution is -0.385. The van der Waals surface area contributed by atoms with Crippen LogP contribution in [0, 0.1) is 10.1 Å². The Labute approximate surface area is 138 Å². The zero-order valence-corrected chi connectivity index (χ0v) is 13.2. The van der Waals surface area contributed by atoms with Gasteiger partial charge in [0, 0.05) is 24.8 Å². The number of methoxy groups -OCH3 is 1. The summed E-state index contributed by atoms with van der Waals surface area (Å²) >= 11 is 0. The molecule has 0 N–H and O–H groups in total. The van der Waals surface area contributed by atoms with Gasteiger partial charge in [-0.3, -0.25) is 10.1 Å². The third-order valence-electron chi connectivity index (χ3n) is 4.22. The van der Waals surface area contributed by atoms with E-state index in [1.54, 1.807) is 12.4 Å². The maximum Gasteiger partial charge on any atom is 0.344 e. The number of hydrogen-bond acceptors (Lipinski definition) is 7. The molecular weight excluding hydrogens is 314 g/mol. The van der Waals surface area contributed by atoms with Crippen molar-refractivity contribution in [2.75, 3.05) is 25.1 Å². The van der Waals surface area contributed by atoms with Crippen LogP contribution >= 0.6 is 0 Å². The molecule has 126 valence electrons. The van der Waals surface area contributed by atoms with Gasteiger partial charge >= 0.3 is 5.97 Å². The fraction of sp³-hybridized carbons (Fsp3) is 0.400. The first-order valence-corrected chi connectivity index (χ1v) is 7.56. The SMILES string of the molecule is COC(=O)c1cc(N2CCC(n3cncn3)CC2)ccc1[N+](=O)[O-]. The van der Waals surface area contributed by atoms with Gasteiger partial charge in [-0.15, -0.1) is 0 Å². The van der Waals surface area contributed by atoms with Crippen molar-refractivity contribution in [3.05, 3.63) is 46.5 Å². The molecule has 0 spiro atoms. The number of aromatic nitrogens is 3. The lowest BCUT2D eigenvalue weighted by Gasteiger charge is -2.33. The van der Waals surface area contributed by atoms with Gasteiger partial charge in [-0.05, 0) is 25.0 Å². The first kappa shape index (κ1) is 15.9. The third kappa shape index (κ3) is 3.05. The van der Waals surface area contributed by atoms with E-state index in [4.69, 9.17) is 0 Å². The van der Waals surface area contributed by atoms with Gasteiger partial charge in [0.1, 0.15) is 18.2 Å². The molecule has 1 aliphatic heterocycles. The maximum atomic E-state index is 11.8. The van der Waals surface area contributed by atoms with Crippen LogP contribution in [0.25, 0.3) is 0 Å². The van der Waals surface area contributed by atoms with Crippen LogP contribution in [-0.4, -0.2) is 45.9 Å². The van der Waals surface area contributed by atoms with Gasteiger partial charge in [0.2, 0.25) is 0 Å². The van der Waals surface area contributed by atoms with Gasteiger partial charge in [0.15, 0.2) is 0 Å². The number of piperidine rings is 1. The van der Waals surface area contributed by atoms with Gasteiger partial charge in [-0.1, -0.05) is 0 Å². The number of carbonyl (C=O) groups is 1. The quantitative estimate of drug-likeness (QED) is 0.478. The first-order chi connectivity index (χ1) is 11.6. The average molecular weight is 331 g/mol. The van der Waals surface area contributed by atoms with Crippen LogP contribution in [0.4, 0.5) is 11.4 Å². The largest absolute Gasteiger partial charge is 0.465 e. The highest BCUT2D eigenvalue weighted by Gasteiger charge is 2.25. The molecule has 9 nitrogen and oxygen atoms in total. The van der Waals surface area contributed by atoms with Crippen molar-refractivity contribution in [1.82, 2.24) is 14.8 Å². The number of nitro groups is 1. The summed E-state index contributed by atoms with van der Waals surface area (Å²) in [5, 5.41) is 15.2. The summed E-state index contributed by atoms with van der Waals surface area (Å²) in [6.07, 6.45) is 4.99. The van der Waals surface area contributed by atoms with Gasteiger partial charge in [0.25, 0.3) is 5.69 Å². The highest BCUT2D eigenvalue weighted by Crippen LogP contribution is 2.29. The molecule has 0 bridgehead atoms. The van der Waals surface area contributed by atoms with Crippen LogP contribution in [0.2, 0.25) is 0 Å². The molecule has 1 aromatic heterocycles. The van der Waals surface area contributed by atoms with Gasteiger partial charge < -0.3 is 9.64 Å². The Morgan fingerprint density at radius 1 is 1.38 bits per heavy atom. The van der Waals surface area contributed by atoms with E-state index in [1.165, 1.54) is 25.6 Å². The topological polar surface area (TPSA) is 103 Å². The highest BCUT2D eigenvalue weighted by atomic mass is 16.6. The molecule has 0 radical (unpaired) electrons. The summed E-state index contributed by atoms with van der Waals surface area (Å²) in [7, 11) is 1.21. The zero-order chi connectivity index (χ0) is 17.1. The molecule has 2 heterocycles. The third-order valence-corrected chi connectivity index (χ3v) is 4.22. The molecule has 24 heavy (non-hydrogen) atoms. The minimum atomic E-state index is -0.707. The molecular formula is C15H17N5O4. The van der Waals surface area contributed by atoms with Crippen LogP contribution < -0.4 is 4.90 Å². The van der Waals surface area contributed by atoms with Crippen LogP contribution in [0.15, 0.2) is 30.9 Å². The number of nitro benzene ring substituents is 1. The van der Waals surface area contributed by atoms with Gasteiger partial charge in [-0.25, -0.2) is 14.5 Å². The van der Waals surface area contributed by atoms with Gasteiger partial charge in [0.05, 0.1) is 18.1 Å². The number of esters is 1. The Morgan fingerprint density at radius 2 is 2.12 bits per heavy atom. The molecule has 9 heteroatoms. The zero-order valence-electron chi connectivity index (χ0n) is 13.2. The minimum Gasteiger partial charge on any atom is -0.465 e. The number of nitrogens with zero attached hydrogens (tertiary/aromatic N) is 5. The predicted octanol–water partition coefficient (Wildman–Crippen LogP) is 1.81. The Morgan fingerprint density at radius 3 is 2.71 bits per heavy atom. The standard InChI is InChI=1S/C15H17N5O4/c1-24-15(21)13-8-12(2-3-14(13)20(22)23)18-6-4-11(5-7-18)19-10-16-9-17-19/h2-3,8-11H,4-7H2,1H3. The number of hydrogen-bond donors (Lipinski definition) is 0. The maximum absolute atomic E-state index is 11.8. The number of carbonyl (C=O) groups excluding carboxylic acids is 1. The number of ether oxygens (including phenoxy) is 1. The highest BCUT2D eigenvalue weighted by molar-refractivity contribution is 5.95. The van der Waals surface area contributed by atoms with E-state index in [2.05, 4.69) is 19.7 Å². The molecule has 0 unspecified atom stereocenters. The second kappa shape index (κ2) is 6.65. The summed E-state index contributed by atoms with van der Waals surface area (Å²) in [4.78, 5) is 28.4. The van der Waals surface area contributed by atoms with E-state index < -0.39 is 10.9 Å². The summed E-state index contributed by atoms with van der Waals surface area (Å²) in [5.41, 5.74) is 0.500. The van der Waals surface area contributed by atoms with Crippen molar-refractivity contribution >= 4 is 17.3 Å². The van der Waals surface area contributed by atoms with Crippen molar-refractivity contribution in [3.63, 3.8) is 0 Å².